The molecule has 1 unspecified atom stereocenters. The van der Waals surface area contributed by atoms with E-state index in [0.29, 0.717) is 46.3 Å². The molecule has 44 heavy (non-hydrogen) atoms. The van der Waals surface area contributed by atoms with Crippen LogP contribution in [0.3, 0.4) is 0 Å². The zero-order valence-electron chi connectivity index (χ0n) is 24.6. The van der Waals surface area contributed by atoms with E-state index in [2.05, 4.69) is 6.07 Å². The summed E-state index contributed by atoms with van der Waals surface area (Å²) < 4.78 is 42.9. The molecular weight excluding hydrogens is 563 g/mol. The highest BCUT2D eigenvalue weighted by Crippen LogP contribution is 2.45. The average Bonchev–Trinajstić information content (AvgIpc) is 3.01. The number of nitriles is 1. The van der Waals surface area contributed by atoms with Crippen LogP contribution in [-0.2, 0) is 11.4 Å². The van der Waals surface area contributed by atoms with E-state index in [4.69, 9.17) is 29.4 Å². The van der Waals surface area contributed by atoms with Crippen LogP contribution in [0.1, 0.15) is 40.7 Å². The summed E-state index contributed by atoms with van der Waals surface area (Å²) in [5, 5.41) is 10.0. The van der Waals surface area contributed by atoms with Crippen molar-refractivity contribution >= 4 is 5.97 Å². The molecule has 0 bridgehead atoms. The summed E-state index contributed by atoms with van der Waals surface area (Å²) in [6.45, 7) is 5.81. The zero-order chi connectivity index (χ0) is 31.2. The van der Waals surface area contributed by atoms with Crippen molar-refractivity contribution in [3.63, 3.8) is 0 Å². The van der Waals surface area contributed by atoms with Crippen LogP contribution in [0.25, 0.3) is 0 Å². The number of nitrogens with two attached hydrogens (primary N) is 1. The summed E-state index contributed by atoms with van der Waals surface area (Å²) in [7, 11) is 0. The van der Waals surface area contributed by atoms with Crippen molar-refractivity contribution in [1.29, 1.82) is 5.26 Å². The minimum absolute atomic E-state index is 0.0135. The first-order chi connectivity index (χ1) is 21.3. The molecule has 1 aliphatic rings. The van der Waals surface area contributed by atoms with Crippen LogP contribution < -0.4 is 29.4 Å². The molecule has 224 valence electrons. The van der Waals surface area contributed by atoms with Crippen LogP contribution in [0.2, 0.25) is 0 Å². The number of allylic oxidation sites excluding steroid dienone is 1. The van der Waals surface area contributed by atoms with Crippen LogP contribution in [0.15, 0.2) is 90.3 Å². The topological polar surface area (TPSA) is 113 Å². The first kappa shape index (κ1) is 30.0. The van der Waals surface area contributed by atoms with Crippen LogP contribution in [-0.4, -0.2) is 19.2 Å². The van der Waals surface area contributed by atoms with Crippen molar-refractivity contribution in [2.75, 3.05) is 13.2 Å². The molecule has 0 spiro atoms. The predicted molar refractivity (Wildman–Crippen MR) is 161 cm³/mol. The zero-order valence-corrected chi connectivity index (χ0v) is 24.6. The number of nitrogens with zero attached hydrogens (tertiary/aromatic N) is 1. The Hall–Kier alpha value is -5.49. The van der Waals surface area contributed by atoms with Crippen LogP contribution in [0.4, 0.5) is 4.39 Å². The van der Waals surface area contributed by atoms with Gasteiger partial charge in [0.15, 0.2) is 18.1 Å². The van der Waals surface area contributed by atoms with Crippen molar-refractivity contribution in [3.05, 3.63) is 124 Å². The van der Waals surface area contributed by atoms with Gasteiger partial charge in [-0.05, 0) is 67.8 Å². The lowest BCUT2D eigenvalue weighted by atomic mass is 9.83. The Morgan fingerprint density at radius 3 is 2.55 bits per heavy atom. The summed E-state index contributed by atoms with van der Waals surface area (Å²) in [5.74, 6) is 0.417. The van der Waals surface area contributed by atoms with E-state index in [1.165, 1.54) is 6.07 Å². The quantitative estimate of drug-likeness (QED) is 0.161. The molecule has 1 aliphatic heterocycles. The van der Waals surface area contributed by atoms with Gasteiger partial charge in [-0.1, -0.05) is 42.5 Å². The van der Waals surface area contributed by atoms with Crippen LogP contribution >= 0.6 is 0 Å². The standard InChI is InChI=1S/C35H31FN2O6/c1-4-40-32-16-23(12-15-30(32)41-19-24-9-5-6-10-28(24)36)34-26-14-13-25(17-31(26)44-35(38)27(34)18-37)43-33(39)20-42-29-11-7-8-21(2)22(29)3/h5-17,34H,4,19-20,38H2,1-3H3. The summed E-state index contributed by atoms with van der Waals surface area (Å²) in [6.07, 6.45) is 0. The van der Waals surface area contributed by atoms with Gasteiger partial charge in [0.05, 0.1) is 12.5 Å². The molecule has 5 rings (SSSR count). The lowest BCUT2D eigenvalue weighted by Gasteiger charge is -2.27. The summed E-state index contributed by atoms with van der Waals surface area (Å²) in [5.41, 5.74) is 10.2. The first-order valence-corrected chi connectivity index (χ1v) is 14.0. The van der Waals surface area contributed by atoms with E-state index in [1.807, 2.05) is 32.9 Å². The lowest BCUT2D eigenvalue weighted by Crippen LogP contribution is -2.22. The number of carbonyl (C=O) groups excluding carboxylic acids is 1. The number of rotatable bonds is 10. The fourth-order valence-corrected chi connectivity index (χ4v) is 4.88. The molecule has 4 aromatic carbocycles. The number of aryl methyl sites for hydroxylation is 1. The SMILES string of the molecule is CCOc1cc(C2C(C#N)=C(N)Oc3cc(OC(=O)COc4cccc(C)c4C)ccc32)ccc1OCc1ccccc1F. The van der Waals surface area contributed by atoms with Crippen molar-refractivity contribution in [2.45, 2.75) is 33.3 Å². The van der Waals surface area contributed by atoms with Gasteiger partial charge in [-0.25, -0.2) is 9.18 Å². The second-order valence-electron chi connectivity index (χ2n) is 10.1. The molecule has 0 aliphatic carbocycles. The van der Waals surface area contributed by atoms with E-state index in [-0.39, 0.29) is 36.2 Å². The maximum absolute atomic E-state index is 14.1. The third-order valence-corrected chi connectivity index (χ3v) is 7.26. The molecule has 0 aromatic heterocycles. The van der Waals surface area contributed by atoms with Crippen molar-refractivity contribution in [3.8, 4) is 34.8 Å². The molecule has 0 amide bonds. The van der Waals surface area contributed by atoms with Gasteiger partial charge < -0.3 is 29.4 Å². The third-order valence-electron chi connectivity index (χ3n) is 7.26. The van der Waals surface area contributed by atoms with Gasteiger partial charge in [0.25, 0.3) is 0 Å². The number of esters is 1. The van der Waals surface area contributed by atoms with Crippen molar-refractivity contribution in [2.24, 2.45) is 5.73 Å². The molecule has 0 radical (unpaired) electrons. The Morgan fingerprint density at radius 2 is 1.77 bits per heavy atom. The van der Waals surface area contributed by atoms with E-state index < -0.39 is 11.9 Å². The second-order valence-corrected chi connectivity index (χ2v) is 10.1. The Kier molecular flexibility index (Phi) is 9.01. The van der Waals surface area contributed by atoms with Crippen LogP contribution in [0.5, 0.6) is 28.7 Å². The Balaban J connectivity index is 1.38. The van der Waals surface area contributed by atoms with Gasteiger partial charge in [0.2, 0.25) is 5.88 Å². The number of benzene rings is 4. The maximum atomic E-state index is 14.1. The van der Waals surface area contributed by atoms with E-state index in [9.17, 15) is 14.4 Å². The Morgan fingerprint density at radius 1 is 0.955 bits per heavy atom. The molecule has 0 saturated heterocycles. The average molecular weight is 595 g/mol. The second kappa shape index (κ2) is 13.2. The highest BCUT2D eigenvalue weighted by atomic mass is 19.1. The molecule has 1 atom stereocenters. The van der Waals surface area contributed by atoms with Gasteiger partial charge in [-0.15, -0.1) is 0 Å². The summed E-state index contributed by atoms with van der Waals surface area (Å²) in [4.78, 5) is 12.6. The van der Waals surface area contributed by atoms with Gasteiger partial charge in [0.1, 0.15) is 41.3 Å². The highest BCUT2D eigenvalue weighted by Gasteiger charge is 2.32. The number of carbonyl (C=O) groups is 1. The molecule has 2 N–H and O–H groups in total. The normalized spacial score (nSPS) is 13.8. The molecule has 0 saturated carbocycles. The van der Waals surface area contributed by atoms with Crippen LogP contribution in [0, 0.1) is 31.0 Å². The minimum Gasteiger partial charge on any atom is -0.490 e. The summed E-state index contributed by atoms with van der Waals surface area (Å²) in [6, 6.07) is 24.3. The molecule has 1 heterocycles. The third kappa shape index (κ3) is 6.45. The number of ether oxygens (including phenoxy) is 5. The van der Waals surface area contributed by atoms with Gasteiger partial charge in [-0.3, -0.25) is 0 Å². The van der Waals surface area contributed by atoms with E-state index in [0.717, 1.165) is 11.1 Å². The number of hydrogen-bond donors (Lipinski definition) is 1. The summed E-state index contributed by atoms with van der Waals surface area (Å²) >= 11 is 0. The molecule has 8 nitrogen and oxygen atoms in total. The van der Waals surface area contributed by atoms with Gasteiger partial charge >= 0.3 is 5.97 Å². The fourth-order valence-electron chi connectivity index (χ4n) is 4.88. The maximum Gasteiger partial charge on any atom is 0.349 e. The predicted octanol–water partition coefficient (Wildman–Crippen LogP) is 6.62. The molecule has 0 fully saturated rings. The lowest BCUT2D eigenvalue weighted by molar-refractivity contribution is -0.136. The van der Waals surface area contributed by atoms with Gasteiger partial charge in [0, 0.05) is 17.2 Å². The number of fused-ring (bicyclic) bond motifs is 1. The molecule has 4 aromatic rings. The van der Waals surface area contributed by atoms with Crippen molar-refractivity contribution in [1.82, 2.24) is 0 Å². The van der Waals surface area contributed by atoms with E-state index >= 15 is 0 Å². The molecular formula is C35H31FN2O6. The first-order valence-electron chi connectivity index (χ1n) is 14.0. The fraction of sp³-hybridized carbons (Fsp3) is 0.200. The van der Waals surface area contributed by atoms with Gasteiger partial charge in [-0.2, -0.15) is 5.26 Å². The number of hydrogen-bond acceptors (Lipinski definition) is 8. The van der Waals surface area contributed by atoms with Crippen molar-refractivity contribution < 1.29 is 32.9 Å². The Labute approximate surface area is 255 Å². The smallest absolute Gasteiger partial charge is 0.349 e. The molecule has 9 heteroatoms. The number of halogens is 1. The highest BCUT2D eigenvalue weighted by molar-refractivity contribution is 5.74. The minimum atomic E-state index is -0.596. The monoisotopic (exact) mass is 594 g/mol. The Bertz CT molecular complexity index is 1780. The van der Waals surface area contributed by atoms with E-state index in [1.54, 1.807) is 60.7 Å². The largest absolute Gasteiger partial charge is 0.490 e.